The summed E-state index contributed by atoms with van der Waals surface area (Å²) in [7, 11) is 0. The SMILES string of the molecule is C[C@@H]1CC2C3CCC4=CC(=O)C=CC4(C)C3[C@@H](O)CC2(C)[C@@]1(O)C(=O)CSc1ccc(Cl)c(Cl)c1. The van der Waals surface area contributed by atoms with E-state index in [0.717, 1.165) is 29.7 Å². The van der Waals surface area contributed by atoms with E-state index in [1.807, 2.05) is 26.0 Å². The van der Waals surface area contributed by atoms with E-state index in [4.69, 9.17) is 23.2 Å². The van der Waals surface area contributed by atoms with Gasteiger partial charge in [0.25, 0.3) is 0 Å². The number of halogens is 2. The lowest BCUT2D eigenvalue weighted by molar-refractivity contribution is -0.179. The topological polar surface area (TPSA) is 74.6 Å². The molecular formula is C28H32Cl2O4S. The number of benzene rings is 1. The van der Waals surface area contributed by atoms with Gasteiger partial charge in [0, 0.05) is 21.6 Å². The number of Topliss-reactive ketones (excluding diaryl/α,β-unsaturated/α-hetero) is 1. The predicted octanol–water partition coefficient (Wildman–Crippen LogP) is 5.91. The first-order valence-electron chi connectivity index (χ1n) is 12.4. The Bertz CT molecular complexity index is 1150. The number of carbonyl (C=O) groups excluding carboxylic acids is 2. The van der Waals surface area contributed by atoms with Crippen molar-refractivity contribution in [2.24, 2.45) is 34.5 Å². The van der Waals surface area contributed by atoms with Gasteiger partial charge in [0.15, 0.2) is 11.6 Å². The number of carbonyl (C=O) groups is 2. The lowest BCUT2D eigenvalue weighted by Gasteiger charge is -2.59. The maximum Gasteiger partial charge on any atom is 0.178 e. The molecule has 3 saturated carbocycles. The quantitative estimate of drug-likeness (QED) is 0.469. The molecule has 5 rings (SSSR count). The molecule has 3 fully saturated rings. The van der Waals surface area contributed by atoms with Crippen LogP contribution in [0, 0.1) is 34.5 Å². The van der Waals surface area contributed by atoms with Crippen molar-refractivity contribution < 1.29 is 19.8 Å². The molecule has 0 heterocycles. The van der Waals surface area contributed by atoms with Crippen LogP contribution in [0.5, 0.6) is 0 Å². The first-order chi connectivity index (χ1) is 16.4. The van der Waals surface area contributed by atoms with E-state index in [-0.39, 0.29) is 46.4 Å². The van der Waals surface area contributed by atoms with Crippen molar-refractivity contribution in [1.29, 1.82) is 0 Å². The lowest BCUT2D eigenvalue weighted by Crippen LogP contribution is -2.62. The van der Waals surface area contributed by atoms with Crippen molar-refractivity contribution in [1.82, 2.24) is 0 Å². The van der Waals surface area contributed by atoms with Crippen LogP contribution >= 0.6 is 35.0 Å². The van der Waals surface area contributed by atoms with E-state index in [0.29, 0.717) is 16.5 Å². The first kappa shape index (κ1) is 25.5. The minimum Gasteiger partial charge on any atom is -0.393 e. The second-order valence-electron chi connectivity index (χ2n) is 11.4. The summed E-state index contributed by atoms with van der Waals surface area (Å²) in [6.45, 7) is 6.12. The maximum absolute atomic E-state index is 13.7. The Morgan fingerprint density at radius 1 is 1.23 bits per heavy atom. The third-order valence-corrected chi connectivity index (χ3v) is 11.5. The molecule has 0 aromatic heterocycles. The van der Waals surface area contributed by atoms with Crippen molar-refractivity contribution in [2.75, 3.05) is 5.75 Å². The average Bonchev–Trinajstić information content (AvgIpc) is 3.01. The number of hydrogen-bond acceptors (Lipinski definition) is 5. The molecule has 7 heteroatoms. The van der Waals surface area contributed by atoms with Gasteiger partial charge < -0.3 is 10.2 Å². The Morgan fingerprint density at radius 2 is 1.97 bits per heavy atom. The molecule has 8 atom stereocenters. The summed E-state index contributed by atoms with van der Waals surface area (Å²) >= 11 is 13.5. The highest BCUT2D eigenvalue weighted by molar-refractivity contribution is 8.00. The van der Waals surface area contributed by atoms with Crippen LogP contribution in [0.1, 0.15) is 46.5 Å². The highest BCUT2D eigenvalue weighted by Crippen LogP contribution is 2.68. The number of aliphatic hydroxyl groups excluding tert-OH is 1. The molecule has 0 aliphatic heterocycles. The number of hydrogen-bond donors (Lipinski definition) is 2. The molecule has 2 N–H and O–H groups in total. The van der Waals surface area contributed by atoms with E-state index in [9.17, 15) is 19.8 Å². The van der Waals surface area contributed by atoms with Gasteiger partial charge in [-0.1, -0.05) is 55.6 Å². The summed E-state index contributed by atoms with van der Waals surface area (Å²) in [5.74, 6) is 0.0111. The zero-order valence-corrected chi connectivity index (χ0v) is 22.6. The molecule has 1 aromatic rings. The number of ketones is 2. The molecule has 0 saturated heterocycles. The zero-order chi connectivity index (χ0) is 25.3. The number of allylic oxidation sites excluding steroid dienone is 4. The van der Waals surface area contributed by atoms with Crippen molar-refractivity contribution in [3.05, 3.63) is 52.0 Å². The minimum atomic E-state index is -1.51. The molecule has 0 amide bonds. The van der Waals surface area contributed by atoms with E-state index in [1.54, 1.807) is 24.3 Å². The molecule has 35 heavy (non-hydrogen) atoms. The third kappa shape index (κ3) is 3.72. The fourth-order valence-electron chi connectivity index (χ4n) is 8.08. The van der Waals surface area contributed by atoms with Gasteiger partial charge in [0.1, 0.15) is 5.60 Å². The standard InChI is InChI=1S/C28H32Cl2O4S/c1-15-10-20-19-6-4-16-11-17(31)8-9-26(16,2)25(19)23(32)13-27(20,3)28(15,34)24(33)14-35-18-5-7-21(29)22(30)12-18/h5,7-9,11-12,15,19-20,23,25,32,34H,4,6,10,13-14H2,1-3H3/t15-,19?,20?,23+,25?,26?,27?,28+/m1/s1. The first-order valence-corrected chi connectivity index (χ1v) is 14.1. The summed E-state index contributed by atoms with van der Waals surface area (Å²) in [5, 5.41) is 24.6. The van der Waals surface area contributed by atoms with E-state index in [2.05, 4.69) is 6.92 Å². The molecule has 4 aliphatic carbocycles. The van der Waals surface area contributed by atoms with E-state index < -0.39 is 17.1 Å². The van der Waals surface area contributed by atoms with Gasteiger partial charge in [0.05, 0.1) is 21.9 Å². The number of rotatable bonds is 4. The van der Waals surface area contributed by atoms with Crippen LogP contribution in [0.25, 0.3) is 0 Å². The monoisotopic (exact) mass is 534 g/mol. The third-order valence-electron chi connectivity index (χ3n) is 9.76. The second-order valence-corrected chi connectivity index (χ2v) is 13.3. The Kier molecular flexibility index (Phi) is 6.37. The van der Waals surface area contributed by atoms with Crippen LogP contribution in [0.2, 0.25) is 10.0 Å². The molecule has 4 aliphatic rings. The van der Waals surface area contributed by atoms with Gasteiger partial charge in [-0.15, -0.1) is 11.8 Å². The molecule has 1 aromatic carbocycles. The summed E-state index contributed by atoms with van der Waals surface area (Å²) in [4.78, 5) is 26.5. The highest BCUT2D eigenvalue weighted by atomic mass is 35.5. The Balaban J connectivity index is 1.42. The lowest BCUT2D eigenvalue weighted by atomic mass is 9.46. The van der Waals surface area contributed by atoms with Crippen LogP contribution in [0.15, 0.2) is 46.9 Å². The zero-order valence-electron chi connectivity index (χ0n) is 20.3. The van der Waals surface area contributed by atoms with Gasteiger partial charge in [0.2, 0.25) is 0 Å². The largest absolute Gasteiger partial charge is 0.393 e. The highest BCUT2D eigenvalue weighted by Gasteiger charge is 2.70. The van der Waals surface area contributed by atoms with E-state index in [1.165, 1.54) is 11.8 Å². The summed E-state index contributed by atoms with van der Waals surface area (Å²) in [6, 6.07) is 5.27. The number of thioether (sulfide) groups is 1. The molecule has 4 nitrogen and oxygen atoms in total. The Labute approximate surface area is 221 Å². The van der Waals surface area contributed by atoms with Crippen LogP contribution < -0.4 is 0 Å². The van der Waals surface area contributed by atoms with Gasteiger partial charge in [-0.25, -0.2) is 0 Å². The van der Waals surface area contributed by atoms with Gasteiger partial charge in [-0.05, 0) is 73.8 Å². The Hall–Kier alpha value is -1.11. The van der Waals surface area contributed by atoms with Gasteiger partial charge in [-0.2, -0.15) is 0 Å². The molecule has 188 valence electrons. The van der Waals surface area contributed by atoms with E-state index >= 15 is 0 Å². The normalized spacial score (nSPS) is 42.2. The van der Waals surface area contributed by atoms with Crippen LogP contribution in [-0.4, -0.2) is 39.2 Å². The fraction of sp³-hybridized carbons (Fsp3) is 0.571. The summed E-state index contributed by atoms with van der Waals surface area (Å²) in [6.07, 6.45) is 7.48. The van der Waals surface area contributed by atoms with Gasteiger partial charge >= 0.3 is 0 Å². The molecular weight excluding hydrogens is 503 g/mol. The van der Waals surface area contributed by atoms with Gasteiger partial charge in [-0.3, -0.25) is 9.59 Å². The molecule has 0 spiro atoms. The summed E-state index contributed by atoms with van der Waals surface area (Å²) in [5.41, 5.74) is -1.49. The van der Waals surface area contributed by atoms with Crippen molar-refractivity contribution in [3.8, 4) is 0 Å². The van der Waals surface area contributed by atoms with Crippen molar-refractivity contribution in [2.45, 2.75) is 63.1 Å². The van der Waals surface area contributed by atoms with Crippen LogP contribution in [0.3, 0.4) is 0 Å². The summed E-state index contributed by atoms with van der Waals surface area (Å²) < 4.78 is 0. The maximum atomic E-state index is 13.7. The fourth-order valence-corrected chi connectivity index (χ4v) is 9.32. The minimum absolute atomic E-state index is 0.0139. The molecule has 0 radical (unpaired) electrons. The van der Waals surface area contributed by atoms with Crippen molar-refractivity contribution in [3.63, 3.8) is 0 Å². The second kappa shape index (κ2) is 8.73. The number of aliphatic hydroxyl groups is 2. The van der Waals surface area contributed by atoms with Crippen molar-refractivity contribution >= 4 is 46.5 Å². The Morgan fingerprint density at radius 3 is 2.69 bits per heavy atom. The van der Waals surface area contributed by atoms with Crippen LogP contribution in [-0.2, 0) is 9.59 Å². The number of fused-ring (bicyclic) bond motifs is 5. The molecule has 5 unspecified atom stereocenters. The molecule has 0 bridgehead atoms. The predicted molar refractivity (Wildman–Crippen MR) is 140 cm³/mol. The smallest absolute Gasteiger partial charge is 0.178 e. The van der Waals surface area contributed by atoms with Crippen LogP contribution in [0.4, 0.5) is 0 Å². The average molecular weight is 536 g/mol.